The summed E-state index contributed by atoms with van der Waals surface area (Å²) in [5.74, 6) is -2.55. The largest absolute Gasteiger partial charge is 0.480 e. The number of aliphatic carboxylic acids is 2. The van der Waals surface area contributed by atoms with Gasteiger partial charge >= 0.3 is 11.9 Å². The van der Waals surface area contributed by atoms with Crippen molar-refractivity contribution in [2.45, 2.75) is 26.7 Å². The highest BCUT2D eigenvalue weighted by Gasteiger charge is 2.43. The Bertz CT molecular complexity index is 216. The van der Waals surface area contributed by atoms with Gasteiger partial charge < -0.3 is 10.2 Å². The van der Waals surface area contributed by atoms with Crippen LogP contribution in [0.1, 0.15) is 26.7 Å². The summed E-state index contributed by atoms with van der Waals surface area (Å²) in [6.45, 7) is 3.29. The summed E-state index contributed by atoms with van der Waals surface area (Å²) < 4.78 is 0. The second kappa shape index (κ2) is 4.64. The van der Waals surface area contributed by atoms with Gasteiger partial charge in [0.15, 0.2) is 5.41 Å². The van der Waals surface area contributed by atoms with E-state index in [1.165, 1.54) is 0 Å². The summed E-state index contributed by atoms with van der Waals surface area (Å²) in [5, 5.41) is 17.6. The van der Waals surface area contributed by atoms with Gasteiger partial charge in [-0.2, -0.15) is 0 Å². The zero-order valence-corrected chi connectivity index (χ0v) is 7.78. The van der Waals surface area contributed by atoms with Crippen molar-refractivity contribution < 1.29 is 19.8 Å². The van der Waals surface area contributed by atoms with Crippen LogP contribution in [0.5, 0.6) is 0 Å². The summed E-state index contributed by atoms with van der Waals surface area (Å²) in [4.78, 5) is 21.6. The predicted octanol–water partition coefficient (Wildman–Crippen LogP) is 1.52. The minimum atomic E-state index is -1.66. The van der Waals surface area contributed by atoms with Crippen LogP contribution in [0.25, 0.3) is 0 Å². The first-order valence-electron chi connectivity index (χ1n) is 4.09. The summed E-state index contributed by atoms with van der Waals surface area (Å²) >= 11 is 0. The number of rotatable bonds is 5. The van der Waals surface area contributed by atoms with Crippen molar-refractivity contribution in [3.8, 4) is 0 Å². The third-order valence-corrected chi connectivity index (χ3v) is 2.12. The van der Waals surface area contributed by atoms with Gasteiger partial charge in [0.1, 0.15) is 0 Å². The first-order chi connectivity index (χ1) is 6.01. The van der Waals surface area contributed by atoms with Gasteiger partial charge in [-0.1, -0.05) is 19.1 Å². The van der Waals surface area contributed by atoms with Gasteiger partial charge in [0.25, 0.3) is 0 Å². The summed E-state index contributed by atoms with van der Waals surface area (Å²) in [7, 11) is 0. The molecular formula is C9H14O4. The van der Waals surface area contributed by atoms with Crippen LogP contribution >= 0.6 is 0 Å². The molecule has 0 saturated carbocycles. The monoisotopic (exact) mass is 186 g/mol. The molecule has 0 atom stereocenters. The molecule has 2 N–H and O–H groups in total. The van der Waals surface area contributed by atoms with Crippen LogP contribution in [0, 0.1) is 5.41 Å². The van der Waals surface area contributed by atoms with Gasteiger partial charge in [-0.25, -0.2) is 0 Å². The molecule has 13 heavy (non-hydrogen) atoms. The molecule has 0 spiro atoms. The molecule has 74 valence electrons. The molecule has 0 aliphatic rings. The summed E-state index contributed by atoms with van der Waals surface area (Å²) in [5.41, 5.74) is -1.66. The molecule has 0 heterocycles. The van der Waals surface area contributed by atoms with Crippen LogP contribution in [-0.4, -0.2) is 22.2 Å². The van der Waals surface area contributed by atoms with E-state index in [0.29, 0.717) is 0 Å². The fourth-order valence-corrected chi connectivity index (χ4v) is 1.03. The zero-order chi connectivity index (χ0) is 10.5. The number of hydrogen-bond donors (Lipinski definition) is 2. The van der Waals surface area contributed by atoms with Crippen molar-refractivity contribution in [3.63, 3.8) is 0 Å². The Morgan fingerprint density at radius 1 is 1.31 bits per heavy atom. The summed E-state index contributed by atoms with van der Waals surface area (Å²) in [6.07, 6.45) is 3.33. The lowest BCUT2D eigenvalue weighted by Gasteiger charge is -2.20. The predicted molar refractivity (Wildman–Crippen MR) is 47.4 cm³/mol. The van der Waals surface area contributed by atoms with Gasteiger partial charge in [0.05, 0.1) is 0 Å². The van der Waals surface area contributed by atoms with E-state index in [2.05, 4.69) is 0 Å². The maximum absolute atomic E-state index is 10.8. The molecule has 0 saturated heterocycles. The Hall–Kier alpha value is -1.32. The Morgan fingerprint density at radius 2 is 1.77 bits per heavy atom. The van der Waals surface area contributed by atoms with Gasteiger partial charge in [-0.15, -0.1) is 0 Å². The van der Waals surface area contributed by atoms with Crippen LogP contribution in [0.2, 0.25) is 0 Å². The normalized spacial score (nSPS) is 11.8. The lowest BCUT2D eigenvalue weighted by Crippen LogP contribution is -2.38. The SMILES string of the molecule is CC=CCC(CC)(C(=O)O)C(=O)O. The average molecular weight is 186 g/mol. The van der Waals surface area contributed by atoms with Gasteiger partial charge in [0.2, 0.25) is 0 Å². The van der Waals surface area contributed by atoms with Gasteiger partial charge in [-0.3, -0.25) is 9.59 Å². The van der Waals surface area contributed by atoms with Crippen LogP contribution < -0.4 is 0 Å². The highest BCUT2D eigenvalue weighted by atomic mass is 16.4. The molecule has 0 bridgehead atoms. The first-order valence-corrected chi connectivity index (χ1v) is 4.09. The van der Waals surface area contributed by atoms with Gasteiger partial charge in [0, 0.05) is 0 Å². The van der Waals surface area contributed by atoms with E-state index in [0.717, 1.165) is 0 Å². The Kier molecular flexibility index (Phi) is 4.17. The molecule has 0 aliphatic carbocycles. The van der Waals surface area contributed by atoms with E-state index in [1.54, 1.807) is 26.0 Å². The van der Waals surface area contributed by atoms with Crippen molar-refractivity contribution in [3.05, 3.63) is 12.2 Å². The van der Waals surface area contributed by atoms with Gasteiger partial charge in [-0.05, 0) is 19.8 Å². The van der Waals surface area contributed by atoms with E-state index >= 15 is 0 Å². The second-order valence-electron chi connectivity index (χ2n) is 2.82. The molecule has 0 amide bonds. The molecule has 0 rings (SSSR count). The lowest BCUT2D eigenvalue weighted by atomic mass is 9.82. The van der Waals surface area contributed by atoms with E-state index in [-0.39, 0.29) is 12.8 Å². The molecule has 0 aromatic rings. The van der Waals surface area contributed by atoms with E-state index < -0.39 is 17.4 Å². The highest BCUT2D eigenvalue weighted by Crippen LogP contribution is 2.27. The third-order valence-electron chi connectivity index (χ3n) is 2.12. The average Bonchev–Trinajstić information content (AvgIpc) is 2.05. The molecule has 0 aromatic heterocycles. The molecule has 0 radical (unpaired) electrons. The summed E-state index contributed by atoms with van der Waals surface area (Å²) in [6, 6.07) is 0. The molecule has 0 fully saturated rings. The maximum Gasteiger partial charge on any atom is 0.321 e. The first kappa shape index (κ1) is 11.7. The van der Waals surface area contributed by atoms with Crippen LogP contribution in [0.3, 0.4) is 0 Å². The quantitative estimate of drug-likeness (QED) is 0.504. The number of allylic oxidation sites excluding steroid dienone is 2. The standard InChI is InChI=1S/C9H14O4/c1-3-5-6-9(4-2,7(10)11)8(12)13/h3,5H,4,6H2,1-2H3,(H,10,11)(H,12,13). The molecule has 0 unspecified atom stereocenters. The zero-order valence-electron chi connectivity index (χ0n) is 7.78. The van der Waals surface area contributed by atoms with Crippen molar-refractivity contribution in [2.24, 2.45) is 5.41 Å². The Labute approximate surface area is 76.9 Å². The van der Waals surface area contributed by atoms with Crippen molar-refractivity contribution in [1.82, 2.24) is 0 Å². The van der Waals surface area contributed by atoms with Crippen molar-refractivity contribution in [1.29, 1.82) is 0 Å². The molecule has 0 aliphatic heterocycles. The number of hydrogen-bond acceptors (Lipinski definition) is 2. The highest BCUT2D eigenvalue weighted by molar-refractivity contribution is 5.98. The lowest BCUT2D eigenvalue weighted by molar-refractivity contribution is -0.164. The fourth-order valence-electron chi connectivity index (χ4n) is 1.03. The van der Waals surface area contributed by atoms with Crippen LogP contribution in [0.15, 0.2) is 12.2 Å². The number of carbonyl (C=O) groups is 2. The fraction of sp³-hybridized carbons (Fsp3) is 0.556. The molecule has 4 nitrogen and oxygen atoms in total. The third kappa shape index (κ3) is 2.31. The van der Waals surface area contributed by atoms with E-state index in [1.807, 2.05) is 0 Å². The smallest absolute Gasteiger partial charge is 0.321 e. The molecule has 4 heteroatoms. The molecular weight excluding hydrogens is 172 g/mol. The van der Waals surface area contributed by atoms with E-state index in [9.17, 15) is 9.59 Å². The van der Waals surface area contributed by atoms with E-state index in [4.69, 9.17) is 10.2 Å². The molecule has 0 aromatic carbocycles. The minimum Gasteiger partial charge on any atom is -0.480 e. The van der Waals surface area contributed by atoms with Crippen LogP contribution in [-0.2, 0) is 9.59 Å². The number of carboxylic acids is 2. The van der Waals surface area contributed by atoms with Crippen molar-refractivity contribution in [2.75, 3.05) is 0 Å². The Morgan fingerprint density at radius 3 is 2.00 bits per heavy atom. The Balaban J connectivity index is 4.87. The van der Waals surface area contributed by atoms with Crippen molar-refractivity contribution >= 4 is 11.9 Å². The van der Waals surface area contributed by atoms with Crippen LogP contribution in [0.4, 0.5) is 0 Å². The topological polar surface area (TPSA) is 74.6 Å². The maximum atomic E-state index is 10.8. The second-order valence-corrected chi connectivity index (χ2v) is 2.82. The minimum absolute atomic E-state index is 0.0324. The number of carboxylic acid groups (broad SMARTS) is 2.